The van der Waals surface area contributed by atoms with Crippen molar-refractivity contribution in [3.8, 4) is 0 Å². The zero-order valence-corrected chi connectivity index (χ0v) is 13.8. The Bertz CT molecular complexity index is 755. The van der Waals surface area contributed by atoms with Crippen LogP contribution in [0.2, 0.25) is 5.15 Å². The van der Waals surface area contributed by atoms with Crippen molar-refractivity contribution < 1.29 is 23.0 Å². The molecule has 5 nitrogen and oxygen atoms in total. The maximum atomic E-state index is 13.3. The molecule has 2 rings (SSSR count). The number of aromatic nitrogens is 2. The number of halogens is 3. The van der Waals surface area contributed by atoms with Gasteiger partial charge in [-0.05, 0) is 30.7 Å². The fraction of sp³-hybridized carbons (Fsp3) is 0.250. The number of hydrogen-bond acceptors (Lipinski definition) is 4. The van der Waals surface area contributed by atoms with Crippen molar-refractivity contribution in [2.45, 2.75) is 13.5 Å². The van der Waals surface area contributed by atoms with Gasteiger partial charge in [0, 0.05) is 11.6 Å². The third-order valence-corrected chi connectivity index (χ3v) is 3.42. The van der Waals surface area contributed by atoms with Gasteiger partial charge in [-0.25, -0.2) is 18.3 Å². The van der Waals surface area contributed by atoms with E-state index >= 15 is 0 Å². The van der Waals surface area contributed by atoms with Gasteiger partial charge in [-0.2, -0.15) is 5.10 Å². The van der Waals surface area contributed by atoms with Gasteiger partial charge < -0.3 is 9.47 Å². The van der Waals surface area contributed by atoms with E-state index in [1.165, 1.54) is 24.1 Å². The normalized spacial score (nSPS) is 11.0. The monoisotopic (exact) mass is 356 g/mol. The minimum absolute atomic E-state index is 0.00738. The van der Waals surface area contributed by atoms with Gasteiger partial charge >= 0.3 is 5.97 Å². The van der Waals surface area contributed by atoms with Crippen LogP contribution < -0.4 is 0 Å². The highest BCUT2D eigenvalue weighted by Gasteiger charge is 2.22. The summed E-state index contributed by atoms with van der Waals surface area (Å²) in [6.45, 7) is 1.82. The van der Waals surface area contributed by atoms with E-state index in [9.17, 15) is 13.6 Å². The SMILES string of the molecule is CCOC(=O)c1nn(Cc2cc(F)cc(F)c2)c(Cl)c1/C=C/OC. The van der Waals surface area contributed by atoms with Gasteiger partial charge in [-0.1, -0.05) is 11.6 Å². The summed E-state index contributed by atoms with van der Waals surface area (Å²) in [6, 6.07) is 3.09. The lowest BCUT2D eigenvalue weighted by molar-refractivity contribution is 0.0518. The number of carbonyl (C=O) groups is 1. The van der Waals surface area contributed by atoms with Gasteiger partial charge in [-0.15, -0.1) is 0 Å². The van der Waals surface area contributed by atoms with Crippen LogP contribution in [0.5, 0.6) is 0 Å². The smallest absolute Gasteiger partial charge is 0.359 e. The molecule has 0 aliphatic heterocycles. The van der Waals surface area contributed by atoms with Gasteiger partial charge in [0.1, 0.15) is 16.8 Å². The summed E-state index contributed by atoms with van der Waals surface area (Å²) in [5.41, 5.74) is 0.607. The summed E-state index contributed by atoms with van der Waals surface area (Å²) in [5, 5.41) is 4.22. The van der Waals surface area contributed by atoms with E-state index in [0.717, 1.165) is 18.2 Å². The molecule has 0 atom stereocenters. The van der Waals surface area contributed by atoms with Crippen LogP contribution in [0.4, 0.5) is 8.78 Å². The molecule has 0 unspecified atom stereocenters. The maximum Gasteiger partial charge on any atom is 0.359 e. The number of methoxy groups -OCH3 is 1. The molecule has 24 heavy (non-hydrogen) atoms. The van der Waals surface area contributed by atoms with Crippen molar-refractivity contribution in [3.63, 3.8) is 0 Å². The molecular weight excluding hydrogens is 342 g/mol. The molecule has 0 saturated carbocycles. The summed E-state index contributed by atoms with van der Waals surface area (Å²) < 4.78 is 37.6. The first kappa shape index (κ1) is 17.9. The van der Waals surface area contributed by atoms with Crippen LogP contribution in [-0.4, -0.2) is 29.5 Å². The van der Waals surface area contributed by atoms with E-state index in [2.05, 4.69) is 5.10 Å². The molecule has 0 bridgehead atoms. The molecule has 128 valence electrons. The van der Waals surface area contributed by atoms with Crippen LogP contribution in [0.15, 0.2) is 24.5 Å². The standard InChI is InChI=1S/C16H15ClF2N2O3/c1-3-24-16(22)14-13(4-5-23-2)15(17)21(20-14)9-10-6-11(18)8-12(19)7-10/h4-8H,3,9H2,1-2H3/b5-4+. The fourth-order valence-corrected chi connectivity index (χ4v) is 2.32. The highest BCUT2D eigenvalue weighted by Crippen LogP contribution is 2.24. The Kier molecular flexibility index (Phi) is 5.92. The quantitative estimate of drug-likeness (QED) is 0.585. The number of benzene rings is 1. The fourth-order valence-electron chi connectivity index (χ4n) is 2.07. The first-order valence-electron chi connectivity index (χ1n) is 7.04. The third-order valence-electron chi connectivity index (χ3n) is 3.02. The second-order valence-corrected chi connectivity index (χ2v) is 5.11. The first-order valence-corrected chi connectivity index (χ1v) is 7.41. The van der Waals surface area contributed by atoms with Crippen molar-refractivity contribution >= 4 is 23.6 Å². The van der Waals surface area contributed by atoms with Crippen LogP contribution >= 0.6 is 11.6 Å². The third kappa shape index (κ3) is 4.11. The molecule has 0 saturated heterocycles. The highest BCUT2D eigenvalue weighted by atomic mass is 35.5. The molecule has 0 spiro atoms. The molecule has 2 aromatic rings. The number of nitrogens with zero attached hydrogens (tertiary/aromatic N) is 2. The largest absolute Gasteiger partial charge is 0.504 e. The molecule has 0 radical (unpaired) electrons. The summed E-state index contributed by atoms with van der Waals surface area (Å²) >= 11 is 6.24. The lowest BCUT2D eigenvalue weighted by Gasteiger charge is -2.04. The van der Waals surface area contributed by atoms with Gasteiger partial charge in [-0.3, -0.25) is 0 Å². The molecule has 0 fully saturated rings. The van der Waals surface area contributed by atoms with E-state index in [1.54, 1.807) is 6.92 Å². The Morgan fingerprint density at radius 1 is 1.33 bits per heavy atom. The van der Waals surface area contributed by atoms with Crippen LogP contribution in [0.3, 0.4) is 0 Å². The molecule has 8 heteroatoms. The predicted octanol–water partition coefficient (Wildman–Crippen LogP) is 3.66. The number of esters is 1. The van der Waals surface area contributed by atoms with Gasteiger partial charge in [0.15, 0.2) is 5.69 Å². The second-order valence-electron chi connectivity index (χ2n) is 4.75. The molecule has 1 aromatic heterocycles. The zero-order chi connectivity index (χ0) is 17.7. The van der Waals surface area contributed by atoms with Crippen LogP contribution in [0, 0.1) is 11.6 Å². The molecule has 1 aromatic carbocycles. The Morgan fingerprint density at radius 3 is 2.58 bits per heavy atom. The van der Waals surface area contributed by atoms with Gasteiger partial charge in [0.2, 0.25) is 0 Å². The lowest BCUT2D eigenvalue weighted by atomic mass is 10.2. The molecular formula is C16H15ClF2N2O3. The first-order chi connectivity index (χ1) is 11.5. The Labute approximate surface area is 142 Å². The Morgan fingerprint density at radius 2 is 2.00 bits per heavy atom. The van der Waals surface area contributed by atoms with E-state index in [4.69, 9.17) is 21.1 Å². The van der Waals surface area contributed by atoms with E-state index in [1.807, 2.05) is 0 Å². The molecule has 1 heterocycles. The summed E-state index contributed by atoms with van der Waals surface area (Å²) in [6.07, 6.45) is 2.79. The minimum atomic E-state index is -0.710. The lowest BCUT2D eigenvalue weighted by Crippen LogP contribution is -2.09. The van der Waals surface area contributed by atoms with Gasteiger partial charge in [0.05, 0.1) is 26.5 Å². The van der Waals surface area contributed by atoms with Crippen LogP contribution in [0.1, 0.15) is 28.5 Å². The van der Waals surface area contributed by atoms with Crippen LogP contribution in [-0.2, 0) is 16.0 Å². The highest BCUT2D eigenvalue weighted by molar-refractivity contribution is 6.31. The molecule has 0 N–H and O–H groups in total. The van der Waals surface area contributed by atoms with E-state index in [-0.39, 0.29) is 24.0 Å². The van der Waals surface area contributed by atoms with Crippen LogP contribution in [0.25, 0.3) is 6.08 Å². The average Bonchev–Trinajstić information content (AvgIpc) is 2.81. The molecule has 0 aliphatic rings. The maximum absolute atomic E-state index is 13.3. The molecule has 0 amide bonds. The molecule has 0 aliphatic carbocycles. The zero-order valence-electron chi connectivity index (χ0n) is 13.1. The Balaban J connectivity index is 2.42. The number of hydrogen-bond donors (Lipinski definition) is 0. The van der Waals surface area contributed by atoms with Crippen molar-refractivity contribution in [1.82, 2.24) is 9.78 Å². The minimum Gasteiger partial charge on any atom is -0.504 e. The number of carbonyl (C=O) groups excluding carboxylic acids is 1. The van der Waals surface area contributed by atoms with Crippen molar-refractivity contribution in [3.05, 3.63) is 58.1 Å². The van der Waals surface area contributed by atoms with Crippen molar-refractivity contribution in [1.29, 1.82) is 0 Å². The van der Waals surface area contributed by atoms with E-state index < -0.39 is 17.6 Å². The average molecular weight is 357 g/mol. The van der Waals surface area contributed by atoms with Crippen molar-refractivity contribution in [2.24, 2.45) is 0 Å². The summed E-state index contributed by atoms with van der Waals surface area (Å²) in [4.78, 5) is 12.0. The number of rotatable bonds is 6. The topological polar surface area (TPSA) is 53.3 Å². The summed E-state index contributed by atoms with van der Waals surface area (Å²) in [5.74, 6) is -2.07. The Hall–Kier alpha value is -2.41. The van der Waals surface area contributed by atoms with Gasteiger partial charge in [0.25, 0.3) is 0 Å². The predicted molar refractivity (Wildman–Crippen MR) is 84.7 cm³/mol. The summed E-state index contributed by atoms with van der Waals surface area (Å²) in [7, 11) is 1.44. The van der Waals surface area contributed by atoms with E-state index in [0.29, 0.717) is 11.1 Å². The second kappa shape index (κ2) is 7.92. The number of ether oxygens (including phenoxy) is 2. The van der Waals surface area contributed by atoms with Crippen molar-refractivity contribution in [2.75, 3.05) is 13.7 Å².